The number of carbonyl (C=O) groups is 2. The van der Waals surface area contributed by atoms with E-state index in [1.54, 1.807) is 24.3 Å². The topological polar surface area (TPSA) is 102 Å². The predicted molar refractivity (Wildman–Crippen MR) is 107 cm³/mol. The number of unbranched alkanes of at least 4 members (excludes halogenated alkanes) is 1. The summed E-state index contributed by atoms with van der Waals surface area (Å²) in [5, 5.41) is 5.76. The Morgan fingerprint density at radius 3 is 2.71 bits per heavy atom. The van der Waals surface area contributed by atoms with E-state index < -0.39 is 29.0 Å². The summed E-state index contributed by atoms with van der Waals surface area (Å²) in [6.07, 6.45) is 1.36. The Morgan fingerprint density at radius 1 is 1.29 bits per heavy atom. The zero-order chi connectivity index (χ0) is 20.4. The van der Waals surface area contributed by atoms with Gasteiger partial charge in [0.1, 0.15) is 5.82 Å². The number of hydrogen-bond donors (Lipinski definition) is 2. The van der Waals surface area contributed by atoms with Crippen LogP contribution in [0.3, 0.4) is 0 Å². The molecule has 1 atom stereocenters. The van der Waals surface area contributed by atoms with Crippen molar-refractivity contribution in [3.8, 4) is 0 Å². The maximum atomic E-state index is 12.7. The van der Waals surface area contributed by atoms with Gasteiger partial charge in [-0.3, -0.25) is 23.5 Å². The minimum absolute atomic E-state index is 0.157. The van der Waals surface area contributed by atoms with Crippen LogP contribution >= 0.6 is 11.6 Å². The third-order valence-electron chi connectivity index (χ3n) is 4.72. The molecule has 0 saturated heterocycles. The van der Waals surface area contributed by atoms with Crippen LogP contribution in [0.2, 0.25) is 5.02 Å². The number of benzene rings is 1. The lowest BCUT2D eigenvalue weighted by molar-refractivity contribution is -0.122. The summed E-state index contributed by atoms with van der Waals surface area (Å²) in [5.41, 5.74) is -0.394. The summed E-state index contributed by atoms with van der Waals surface area (Å²) in [7, 11) is 1.37. The minimum Gasteiger partial charge on any atom is -0.326 e. The number of hydrogen-bond acceptors (Lipinski definition) is 4. The van der Waals surface area contributed by atoms with Crippen LogP contribution in [0.4, 0.5) is 11.5 Å². The van der Waals surface area contributed by atoms with Gasteiger partial charge >= 0.3 is 5.69 Å². The molecule has 1 aliphatic heterocycles. The van der Waals surface area contributed by atoms with Crippen molar-refractivity contribution in [3.63, 3.8) is 0 Å². The first-order valence-corrected chi connectivity index (χ1v) is 9.41. The molecule has 0 fully saturated rings. The lowest BCUT2D eigenvalue weighted by Gasteiger charge is -2.13. The molecule has 1 aliphatic rings. The molecule has 28 heavy (non-hydrogen) atoms. The van der Waals surface area contributed by atoms with Gasteiger partial charge in [0, 0.05) is 30.7 Å². The maximum absolute atomic E-state index is 12.7. The Labute approximate surface area is 166 Å². The van der Waals surface area contributed by atoms with Crippen LogP contribution in [0.1, 0.15) is 37.7 Å². The number of nitrogens with one attached hydrogen (secondary N) is 2. The molecule has 0 unspecified atom stereocenters. The molecule has 148 valence electrons. The van der Waals surface area contributed by atoms with Crippen molar-refractivity contribution < 1.29 is 9.59 Å². The van der Waals surface area contributed by atoms with Crippen molar-refractivity contribution in [2.45, 2.75) is 38.6 Å². The van der Waals surface area contributed by atoms with E-state index in [4.69, 9.17) is 11.6 Å². The maximum Gasteiger partial charge on any atom is 0.332 e. The molecule has 2 aromatic rings. The number of aromatic nitrogens is 2. The highest BCUT2D eigenvalue weighted by Gasteiger charge is 2.38. The van der Waals surface area contributed by atoms with Crippen molar-refractivity contribution >= 4 is 34.9 Å². The monoisotopic (exact) mass is 404 g/mol. The Hall–Kier alpha value is -2.87. The average Bonchev–Trinajstić information content (AvgIpc) is 2.96. The lowest BCUT2D eigenvalue weighted by atomic mass is 9.99. The number of anilines is 2. The molecule has 1 aromatic heterocycles. The largest absolute Gasteiger partial charge is 0.332 e. The highest BCUT2D eigenvalue weighted by Crippen LogP contribution is 2.31. The fourth-order valence-electron chi connectivity index (χ4n) is 3.26. The molecule has 0 saturated carbocycles. The van der Waals surface area contributed by atoms with E-state index in [1.807, 2.05) is 6.92 Å². The summed E-state index contributed by atoms with van der Waals surface area (Å²) in [5.74, 6) is -1.65. The summed E-state index contributed by atoms with van der Waals surface area (Å²) in [6.45, 7) is 2.36. The molecular formula is C19H21ClN4O4. The first-order chi connectivity index (χ1) is 13.3. The van der Waals surface area contributed by atoms with Crippen molar-refractivity contribution in [3.05, 3.63) is 55.7 Å². The second-order valence-electron chi connectivity index (χ2n) is 6.72. The smallest absolute Gasteiger partial charge is 0.326 e. The van der Waals surface area contributed by atoms with E-state index >= 15 is 0 Å². The standard InChI is InChI=1S/C19H21ClN4O4/c1-3-4-8-24-16-15(18(27)23(2)19(24)28)13(17(26)22-16)10-14(25)21-12-7-5-6-11(20)9-12/h5-7,9,13H,3-4,8,10H2,1-2H3,(H,21,25)(H,22,26)/t13-/m1/s1. The Bertz CT molecular complexity index is 1060. The first-order valence-electron chi connectivity index (χ1n) is 9.03. The van der Waals surface area contributed by atoms with Crippen LogP contribution < -0.4 is 21.9 Å². The van der Waals surface area contributed by atoms with Crippen LogP contribution in [-0.4, -0.2) is 20.9 Å². The number of carbonyl (C=O) groups excluding carboxylic acids is 2. The van der Waals surface area contributed by atoms with Gasteiger partial charge in [-0.2, -0.15) is 0 Å². The normalized spacial score (nSPS) is 15.2. The van der Waals surface area contributed by atoms with E-state index in [0.29, 0.717) is 17.3 Å². The van der Waals surface area contributed by atoms with Crippen LogP contribution in [0.15, 0.2) is 33.9 Å². The average molecular weight is 405 g/mol. The summed E-state index contributed by atoms with van der Waals surface area (Å²) in [6, 6.07) is 6.63. The Balaban J connectivity index is 1.92. The van der Waals surface area contributed by atoms with Crippen molar-refractivity contribution in [2.24, 2.45) is 7.05 Å². The summed E-state index contributed by atoms with van der Waals surface area (Å²) >= 11 is 5.91. The van der Waals surface area contributed by atoms with Gasteiger partial charge in [0.2, 0.25) is 11.8 Å². The number of amides is 2. The third kappa shape index (κ3) is 3.73. The van der Waals surface area contributed by atoms with Crippen molar-refractivity contribution in [2.75, 3.05) is 10.6 Å². The van der Waals surface area contributed by atoms with Crippen molar-refractivity contribution in [1.82, 2.24) is 9.13 Å². The van der Waals surface area contributed by atoms with Gasteiger partial charge < -0.3 is 10.6 Å². The van der Waals surface area contributed by atoms with Gasteiger partial charge in [-0.1, -0.05) is 31.0 Å². The second-order valence-corrected chi connectivity index (χ2v) is 7.16. The zero-order valence-electron chi connectivity index (χ0n) is 15.6. The highest BCUT2D eigenvalue weighted by atomic mass is 35.5. The van der Waals surface area contributed by atoms with Gasteiger partial charge in [0.05, 0.1) is 11.5 Å². The van der Waals surface area contributed by atoms with Crippen LogP contribution in [0, 0.1) is 0 Å². The predicted octanol–water partition coefficient (Wildman–Crippen LogP) is 2.06. The third-order valence-corrected chi connectivity index (χ3v) is 4.95. The lowest BCUT2D eigenvalue weighted by Crippen LogP contribution is -2.40. The number of rotatable bonds is 6. The fraction of sp³-hybridized carbons (Fsp3) is 0.368. The Kier molecular flexibility index (Phi) is 5.69. The van der Waals surface area contributed by atoms with E-state index in [1.165, 1.54) is 11.6 Å². The fourth-order valence-corrected chi connectivity index (χ4v) is 3.45. The van der Waals surface area contributed by atoms with Crippen LogP contribution in [0.5, 0.6) is 0 Å². The van der Waals surface area contributed by atoms with Crippen molar-refractivity contribution in [1.29, 1.82) is 0 Å². The van der Waals surface area contributed by atoms with Gasteiger partial charge in [-0.25, -0.2) is 4.79 Å². The zero-order valence-corrected chi connectivity index (χ0v) is 16.4. The summed E-state index contributed by atoms with van der Waals surface area (Å²) in [4.78, 5) is 50.0. The molecule has 3 rings (SSSR count). The molecule has 2 amide bonds. The van der Waals surface area contributed by atoms with E-state index in [2.05, 4.69) is 10.6 Å². The molecule has 2 heterocycles. The molecule has 0 aliphatic carbocycles. The van der Waals surface area contributed by atoms with E-state index in [-0.39, 0.29) is 17.8 Å². The van der Waals surface area contributed by atoms with Gasteiger partial charge in [-0.15, -0.1) is 0 Å². The second kappa shape index (κ2) is 8.02. The van der Waals surface area contributed by atoms with E-state index in [0.717, 1.165) is 17.4 Å². The minimum atomic E-state index is -0.957. The van der Waals surface area contributed by atoms with E-state index in [9.17, 15) is 19.2 Å². The first kappa shape index (κ1) is 19.9. The number of nitrogens with zero attached hydrogens (tertiary/aromatic N) is 2. The number of fused-ring (bicyclic) bond motifs is 1. The van der Waals surface area contributed by atoms with Crippen LogP contribution in [-0.2, 0) is 23.2 Å². The highest BCUT2D eigenvalue weighted by molar-refractivity contribution is 6.30. The molecular weight excluding hydrogens is 384 g/mol. The molecule has 8 nitrogen and oxygen atoms in total. The molecule has 0 bridgehead atoms. The van der Waals surface area contributed by atoms with Gasteiger partial charge in [0.15, 0.2) is 0 Å². The molecule has 1 aromatic carbocycles. The quantitative estimate of drug-likeness (QED) is 0.769. The van der Waals surface area contributed by atoms with Gasteiger partial charge in [-0.05, 0) is 24.6 Å². The number of halogens is 1. The molecule has 0 radical (unpaired) electrons. The molecule has 9 heteroatoms. The van der Waals surface area contributed by atoms with Crippen LogP contribution in [0.25, 0.3) is 0 Å². The molecule has 2 N–H and O–H groups in total. The van der Waals surface area contributed by atoms with Gasteiger partial charge in [0.25, 0.3) is 5.56 Å². The summed E-state index contributed by atoms with van der Waals surface area (Å²) < 4.78 is 2.38. The Morgan fingerprint density at radius 2 is 2.04 bits per heavy atom. The SMILES string of the molecule is CCCCn1c2c(c(=O)n(C)c1=O)[C@@H](CC(=O)Nc1cccc(Cl)c1)C(=O)N2. The molecule has 0 spiro atoms.